The molecule has 0 heteroatoms. The minimum atomic E-state index is -0.552. The summed E-state index contributed by atoms with van der Waals surface area (Å²) in [7, 11) is 0. The lowest BCUT2D eigenvalue weighted by Gasteiger charge is -2.33. The van der Waals surface area contributed by atoms with E-state index in [-0.39, 0.29) is 67.5 Å². The number of benzene rings is 7. The Morgan fingerprint density at radius 1 is 0.276 bits per heavy atom. The van der Waals surface area contributed by atoms with Crippen molar-refractivity contribution in [2.45, 2.75) is 297 Å². The van der Waals surface area contributed by atoms with E-state index in [4.69, 9.17) is 8.22 Å². The summed E-state index contributed by atoms with van der Waals surface area (Å²) in [5.41, 5.74) is 22.7. The smallest absolute Gasteiger partial charge is 0.0620 e. The lowest BCUT2D eigenvalue weighted by Crippen LogP contribution is -2.24. The van der Waals surface area contributed by atoms with Crippen molar-refractivity contribution >= 4 is 0 Å². The van der Waals surface area contributed by atoms with Gasteiger partial charge in [-0.05, 0) is 193 Å². The molecule has 0 aromatic heterocycles. The molecule has 0 N–H and O–H groups in total. The number of hydrogen-bond donors (Lipinski definition) is 0. The first-order valence-corrected chi connectivity index (χ1v) is 32.2. The fraction of sp³-hybridized carbons (Fsp3) is 0.517. The Bertz CT molecular complexity index is 3230. The molecule has 0 atom stereocenters. The molecule has 7 aromatic rings. The largest absolute Gasteiger partial charge is 0.0629 e. The highest BCUT2D eigenvalue weighted by molar-refractivity contribution is 5.45. The van der Waals surface area contributed by atoms with Gasteiger partial charge in [0.15, 0.2) is 0 Å². The molecule has 0 nitrogen and oxygen atoms in total. The van der Waals surface area contributed by atoms with Crippen LogP contribution in [-0.4, -0.2) is 0 Å². The molecule has 7 aromatic carbocycles. The molecule has 0 bridgehead atoms. The molecule has 0 heterocycles. The van der Waals surface area contributed by atoms with E-state index in [1.165, 1.54) is 72.3 Å². The van der Waals surface area contributed by atoms with Crippen molar-refractivity contribution in [1.82, 2.24) is 0 Å². The summed E-state index contributed by atoms with van der Waals surface area (Å²) in [5.74, 6) is -1.06. The van der Waals surface area contributed by atoms with Gasteiger partial charge in [-0.15, -0.1) is 0 Å². The van der Waals surface area contributed by atoms with Crippen molar-refractivity contribution in [2.24, 2.45) is 0 Å². The third-order valence-corrected chi connectivity index (χ3v) is 15.3. The third-order valence-electron chi connectivity index (χ3n) is 15.3. The van der Waals surface area contributed by atoms with Crippen LogP contribution in [0.2, 0.25) is 0 Å². The first-order chi connectivity index (χ1) is 41.6. The van der Waals surface area contributed by atoms with E-state index >= 15 is 0 Å². The molecule has 0 aliphatic heterocycles. The molecule has 0 radical (unpaired) electrons. The fourth-order valence-electron chi connectivity index (χ4n) is 11.6. The van der Waals surface area contributed by atoms with Crippen molar-refractivity contribution in [3.63, 3.8) is 0 Å². The molecule has 0 saturated carbocycles. The second-order valence-corrected chi connectivity index (χ2v) is 32.9. The molecule has 480 valence electrons. The van der Waals surface area contributed by atoms with Crippen LogP contribution in [-0.2, 0) is 43.3 Å². The Balaban J connectivity index is 0.000000546. The Morgan fingerprint density at radius 2 is 0.552 bits per heavy atom. The van der Waals surface area contributed by atoms with E-state index < -0.39 is 11.8 Å². The normalized spacial score (nSPS) is 13.3. The highest BCUT2D eigenvalue weighted by Gasteiger charge is 2.28. The lowest BCUT2D eigenvalue weighted by molar-refractivity contribution is 0.521. The van der Waals surface area contributed by atoms with Crippen molar-refractivity contribution < 1.29 is 8.22 Å². The summed E-state index contributed by atoms with van der Waals surface area (Å²) in [6.07, 6.45) is 0. The van der Waals surface area contributed by atoms with Gasteiger partial charge in [0.05, 0.1) is 5.48 Å². The number of hydrogen-bond acceptors (Lipinski definition) is 0. The van der Waals surface area contributed by atoms with Crippen molar-refractivity contribution in [3.05, 3.63) is 246 Å². The summed E-state index contributed by atoms with van der Waals surface area (Å²) < 4.78 is 47.4. The van der Waals surface area contributed by atoms with Crippen LogP contribution in [0.15, 0.2) is 152 Å². The maximum Gasteiger partial charge on any atom is 0.0629 e. The zero-order valence-corrected chi connectivity index (χ0v) is 62.6. The average molecular weight is 1180 g/mol. The highest BCUT2D eigenvalue weighted by Crippen LogP contribution is 2.39. The van der Waals surface area contributed by atoms with E-state index in [1.54, 1.807) is 6.92 Å². The predicted molar refractivity (Wildman–Crippen MR) is 396 cm³/mol. The Labute approximate surface area is 549 Å². The monoisotopic (exact) mass is 1180 g/mol. The standard InChI is InChI=1S/C17H28.C13H20.2C12H18.3C11H16/c1-12(2)13-10-9-11-14(16(3,4)5)15(13)17(6,7)8;1-10(2)11-8-6-7-9-12(11)13(3,4)5;2*1-9-7-6-8-10(2)11(9)12(3,4)5;1-9-6-5-7-10(8-9)11(2,3)4;2*1-9-7-5-6-8-10(9)11(2,3)4/h9-12H,1-8H3;6-10H,1-5H3;2*6-8H,1-5H3;3*5-8H,1-4H3/i12D;10D;;;5D,6D,7D,8D;;. The molecule has 0 spiro atoms. The molecule has 0 aliphatic carbocycles. The molecule has 0 saturated heterocycles. The van der Waals surface area contributed by atoms with Gasteiger partial charge in [0.25, 0.3) is 0 Å². The van der Waals surface area contributed by atoms with Gasteiger partial charge in [-0.1, -0.05) is 351 Å². The summed E-state index contributed by atoms with van der Waals surface area (Å²) in [4.78, 5) is 0. The van der Waals surface area contributed by atoms with Crippen LogP contribution in [0.4, 0.5) is 0 Å². The van der Waals surface area contributed by atoms with Crippen LogP contribution in [0.5, 0.6) is 0 Å². The summed E-state index contributed by atoms with van der Waals surface area (Å²) in [6.45, 7) is 75.5. The Hall–Kier alpha value is -5.46. The SMILES string of the molecule is Cc1cccc(C)c1C(C)(C)C.Cc1cccc(C)c1C(C)(C)C.Cc1ccccc1C(C)(C)C.Cc1ccccc1C(C)(C)C.[2H]C(C)(C)c1cccc(C(C)(C)C)c1C(C)(C)C.[2H]C(C)(C)c1ccccc1C(C)(C)C.[2H]c1c([2H])c(C)c([2H])c(C(C)(C)C)c1[2H]. The van der Waals surface area contributed by atoms with Gasteiger partial charge < -0.3 is 0 Å². The number of aryl methyl sites for hydroxylation is 6. The van der Waals surface area contributed by atoms with Gasteiger partial charge in [0.1, 0.15) is 0 Å². The van der Waals surface area contributed by atoms with Crippen molar-refractivity contribution in [2.75, 3.05) is 0 Å². The molecule has 0 fully saturated rings. The molecule has 87 heavy (non-hydrogen) atoms. The molecular weight excluding hydrogens is 1040 g/mol. The van der Waals surface area contributed by atoms with Gasteiger partial charge >= 0.3 is 0 Å². The van der Waals surface area contributed by atoms with Gasteiger partial charge in [-0.25, -0.2) is 0 Å². The van der Waals surface area contributed by atoms with Crippen LogP contribution in [0.25, 0.3) is 0 Å². The Morgan fingerprint density at radius 3 is 0.816 bits per heavy atom. The average Bonchev–Trinajstić information content (AvgIpc) is 0.818. The summed E-state index contributed by atoms with van der Waals surface area (Å²) >= 11 is 0. The minimum Gasteiger partial charge on any atom is -0.0620 e. The maximum atomic E-state index is 8.39. The summed E-state index contributed by atoms with van der Waals surface area (Å²) in [5, 5.41) is 0. The second kappa shape index (κ2) is 32.9. The van der Waals surface area contributed by atoms with E-state index in [0.717, 1.165) is 11.1 Å². The topological polar surface area (TPSA) is 0 Å². The van der Waals surface area contributed by atoms with Crippen LogP contribution in [0, 0.1) is 48.5 Å². The Kier molecular flexibility index (Phi) is 26.1. The first kappa shape index (κ1) is 69.0. The van der Waals surface area contributed by atoms with Gasteiger partial charge in [-0.2, -0.15) is 0 Å². The zero-order valence-electron chi connectivity index (χ0n) is 68.6. The fourth-order valence-corrected chi connectivity index (χ4v) is 11.6. The van der Waals surface area contributed by atoms with Gasteiger partial charge in [0.2, 0.25) is 0 Å². The van der Waals surface area contributed by atoms with Crippen LogP contribution in [0.1, 0.15) is 308 Å². The predicted octanol–water partition coefficient (Wildman–Crippen LogP) is 26.6. The van der Waals surface area contributed by atoms with E-state index in [0.29, 0.717) is 11.1 Å². The third kappa shape index (κ3) is 27.0. The van der Waals surface area contributed by atoms with Crippen LogP contribution in [0.3, 0.4) is 0 Å². The van der Waals surface area contributed by atoms with E-state index in [2.05, 4.69) is 308 Å². The van der Waals surface area contributed by atoms with Crippen LogP contribution >= 0.6 is 0 Å². The molecule has 7 rings (SSSR count). The first-order valence-electron chi connectivity index (χ1n) is 35.2. The molecule has 0 aliphatic rings. The zero-order chi connectivity index (χ0) is 73.0. The summed E-state index contributed by atoms with van der Waals surface area (Å²) in [6, 6.07) is 45.0. The highest BCUT2D eigenvalue weighted by atomic mass is 14.3. The minimum absolute atomic E-state index is 0.00185. The quantitative estimate of drug-likeness (QED) is 0.162. The van der Waals surface area contributed by atoms with E-state index in [9.17, 15) is 0 Å². The number of rotatable bonds is 2. The second-order valence-electron chi connectivity index (χ2n) is 32.9. The molecular formula is C87H132. The van der Waals surface area contributed by atoms with E-state index in [1.807, 2.05) is 54.5 Å². The van der Waals surface area contributed by atoms with Gasteiger partial charge in [-0.3, -0.25) is 0 Å². The van der Waals surface area contributed by atoms with Gasteiger partial charge in [0, 0.05) is 2.74 Å². The molecule has 0 amide bonds. The van der Waals surface area contributed by atoms with Crippen molar-refractivity contribution in [3.8, 4) is 0 Å². The lowest BCUT2D eigenvalue weighted by atomic mass is 9.71. The maximum absolute atomic E-state index is 8.39. The van der Waals surface area contributed by atoms with Crippen LogP contribution < -0.4 is 0 Å². The molecule has 0 unspecified atom stereocenters. The van der Waals surface area contributed by atoms with Crippen molar-refractivity contribution in [1.29, 1.82) is 0 Å².